The van der Waals surface area contributed by atoms with Gasteiger partial charge in [-0.1, -0.05) is 0 Å². The SMILES string of the molecule is O=CC1=C(I)C(=O)[C@H]2O[C@H]2[C@@H]1O. The van der Waals surface area contributed by atoms with Crippen molar-refractivity contribution in [3.63, 3.8) is 0 Å². The number of rotatable bonds is 1. The third-order valence-corrected chi connectivity index (χ3v) is 3.16. The average Bonchev–Trinajstić information content (AvgIpc) is 2.81. The van der Waals surface area contributed by atoms with Crippen molar-refractivity contribution in [2.45, 2.75) is 18.3 Å². The van der Waals surface area contributed by atoms with E-state index in [0.717, 1.165) is 0 Å². The Bertz CT molecular complexity index is 296. The van der Waals surface area contributed by atoms with E-state index < -0.39 is 18.3 Å². The van der Waals surface area contributed by atoms with E-state index in [9.17, 15) is 14.7 Å². The summed E-state index contributed by atoms with van der Waals surface area (Å²) in [7, 11) is 0. The Balaban J connectivity index is 2.43. The molecular weight excluding hydrogens is 275 g/mol. The Morgan fingerprint density at radius 1 is 1.58 bits per heavy atom. The number of ketones is 1. The summed E-state index contributed by atoms with van der Waals surface area (Å²) in [4.78, 5) is 21.7. The molecular formula is C7H5IO4. The fraction of sp³-hybridized carbons (Fsp3) is 0.429. The van der Waals surface area contributed by atoms with Crippen molar-refractivity contribution in [3.8, 4) is 0 Å². The van der Waals surface area contributed by atoms with Crippen LogP contribution in [0.15, 0.2) is 9.15 Å². The zero-order chi connectivity index (χ0) is 8.88. The lowest BCUT2D eigenvalue weighted by atomic mass is 9.97. The van der Waals surface area contributed by atoms with Crippen LogP contribution < -0.4 is 0 Å². The number of hydrogen-bond donors (Lipinski definition) is 1. The van der Waals surface area contributed by atoms with Crippen LogP contribution in [0, 0.1) is 0 Å². The number of epoxide rings is 1. The summed E-state index contributed by atoms with van der Waals surface area (Å²) >= 11 is 1.76. The maximum absolute atomic E-state index is 11.2. The minimum Gasteiger partial charge on any atom is -0.385 e. The van der Waals surface area contributed by atoms with Gasteiger partial charge in [0.25, 0.3) is 0 Å². The number of fused-ring (bicyclic) bond motifs is 1. The molecule has 1 aliphatic heterocycles. The smallest absolute Gasteiger partial charge is 0.200 e. The number of aldehydes is 1. The zero-order valence-electron chi connectivity index (χ0n) is 5.86. The second-order valence-electron chi connectivity index (χ2n) is 2.72. The highest BCUT2D eigenvalue weighted by molar-refractivity contribution is 14.1. The van der Waals surface area contributed by atoms with Crippen LogP contribution in [-0.2, 0) is 14.3 Å². The lowest BCUT2D eigenvalue weighted by Gasteiger charge is -2.12. The molecule has 1 heterocycles. The van der Waals surface area contributed by atoms with E-state index in [2.05, 4.69) is 0 Å². The summed E-state index contributed by atoms with van der Waals surface area (Å²) in [5, 5.41) is 9.40. The molecule has 0 bridgehead atoms. The van der Waals surface area contributed by atoms with Crippen molar-refractivity contribution in [3.05, 3.63) is 9.15 Å². The number of carbonyl (C=O) groups excluding carboxylic acids is 2. The van der Waals surface area contributed by atoms with Gasteiger partial charge in [0.1, 0.15) is 18.5 Å². The molecule has 0 unspecified atom stereocenters. The van der Waals surface area contributed by atoms with Crippen molar-refractivity contribution >= 4 is 34.7 Å². The predicted octanol–water partition coefficient (Wildman–Crippen LogP) is -0.415. The largest absolute Gasteiger partial charge is 0.385 e. The first kappa shape index (κ1) is 8.33. The van der Waals surface area contributed by atoms with Gasteiger partial charge < -0.3 is 9.84 Å². The molecule has 5 heteroatoms. The highest BCUT2D eigenvalue weighted by Gasteiger charge is 2.55. The van der Waals surface area contributed by atoms with Gasteiger partial charge in [-0.3, -0.25) is 9.59 Å². The number of Topliss-reactive ketones (excluding diaryl/α,β-unsaturated/α-hetero) is 1. The van der Waals surface area contributed by atoms with E-state index in [1.165, 1.54) is 0 Å². The first-order valence-corrected chi connectivity index (χ1v) is 4.47. The Morgan fingerprint density at radius 3 is 2.83 bits per heavy atom. The first-order valence-electron chi connectivity index (χ1n) is 3.39. The second kappa shape index (κ2) is 2.61. The first-order chi connectivity index (χ1) is 5.66. The zero-order valence-corrected chi connectivity index (χ0v) is 8.02. The van der Waals surface area contributed by atoms with E-state index in [4.69, 9.17) is 4.74 Å². The van der Waals surface area contributed by atoms with Gasteiger partial charge in [0, 0.05) is 5.57 Å². The summed E-state index contributed by atoms with van der Waals surface area (Å²) in [6.07, 6.45) is -1.38. The summed E-state index contributed by atoms with van der Waals surface area (Å²) in [6.45, 7) is 0. The Kier molecular flexibility index (Phi) is 1.81. The molecule has 0 aromatic rings. The number of hydrogen-bond acceptors (Lipinski definition) is 4. The minimum absolute atomic E-state index is 0.152. The molecule has 0 aromatic carbocycles. The van der Waals surface area contributed by atoms with Gasteiger partial charge in [0.2, 0.25) is 5.78 Å². The fourth-order valence-corrected chi connectivity index (χ4v) is 2.02. The molecule has 0 saturated carbocycles. The fourth-order valence-electron chi connectivity index (χ4n) is 1.27. The van der Waals surface area contributed by atoms with Crippen LogP contribution >= 0.6 is 22.6 Å². The quantitative estimate of drug-likeness (QED) is 0.402. The van der Waals surface area contributed by atoms with Gasteiger partial charge in [-0.2, -0.15) is 0 Å². The molecule has 0 radical (unpaired) electrons. The third-order valence-electron chi connectivity index (χ3n) is 2.01. The maximum atomic E-state index is 11.2. The van der Waals surface area contributed by atoms with E-state index in [0.29, 0.717) is 9.87 Å². The summed E-state index contributed by atoms with van der Waals surface area (Å²) in [5.41, 5.74) is 0.152. The van der Waals surface area contributed by atoms with Gasteiger partial charge in [-0.05, 0) is 22.6 Å². The normalized spacial score (nSPS) is 39.5. The van der Waals surface area contributed by atoms with Gasteiger partial charge >= 0.3 is 0 Å². The topological polar surface area (TPSA) is 66.9 Å². The Hall–Kier alpha value is -0.270. The number of aliphatic hydroxyl groups excluding tert-OH is 1. The molecule has 1 fully saturated rings. The molecule has 0 aromatic heterocycles. The van der Waals surface area contributed by atoms with Crippen LogP contribution in [0.1, 0.15) is 0 Å². The number of carbonyl (C=O) groups is 2. The molecule has 2 rings (SSSR count). The number of ether oxygens (including phenoxy) is 1. The second-order valence-corrected chi connectivity index (χ2v) is 3.80. The highest BCUT2D eigenvalue weighted by atomic mass is 127. The van der Waals surface area contributed by atoms with Crippen LogP contribution in [0.5, 0.6) is 0 Å². The summed E-state index contributed by atoms with van der Waals surface area (Å²) in [6, 6.07) is 0. The molecule has 12 heavy (non-hydrogen) atoms. The van der Waals surface area contributed by atoms with Gasteiger partial charge in [-0.15, -0.1) is 0 Å². The molecule has 1 saturated heterocycles. The molecule has 1 aliphatic carbocycles. The van der Waals surface area contributed by atoms with Crippen LogP contribution in [0.3, 0.4) is 0 Å². The molecule has 2 aliphatic rings. The van der Waals surface area contributed by atoms with Crippen molar-refractivity contribution in [2.24, 2.45) is 0 Å². The van der Waals surface area contributed by atoms with Gasteiger partial charge in [-0.25, -0.2) is 0 Å². The van der Waals surface area contributed by atoms with Crippen molar-refractivity contribution < 1.29 is 19.4 Å². The minimum atomic E-state index is -0.919. The molecule has 3 atom stereocenters. The van der Waals surface area contributed by atoms with E-state index in [1.54, 1.807) is 22.6 Å². The summed E-state index contributed by atoms with van der Waals surface area (Å²) < 4.78 is 5.20. The molecule has 0 spiro atoms. The van der Waals surface area contributed by atoms with Crippen molar-refractivity contribution in [1.29, 1.82) is 0 Å². The van der Waals surface area contributed by atoms with Crippen molar-refractivity contribution in [2.75, 3.05) is 0 Å². The number of halogens is 1. The Labute approximate surface area is 81.7 Å². The van der Waals surface area contributed by atoms with Crippen molar-refractivity contribution in [1.82, 2.24) is 0 Å². The molecule has 4 nitrogen and oxygen atoms in total. The molecule has 1 N–H and O–H groups in total. The monoisotopic (exact) mass is 280 g/mol. The lowest BCUT2D eigenvalue weighted by Crippen LogP contribution is -2.30. The van der Waals surface area contributed by atoms with Crippen LogP contribution in [0.25, 0.3) is 0 Å². The third kappa shape index (κ3) is 0.964. The number of aliphatic hydroxyl groups is 1. The molecule has 64 valence electrons. The van der Waals surface area contributed by atoms with E-state index >= 15 is 0 Å². The maximum Gasteiger partial charge on any atom is 0.200 e. The lowest BCUT2D eigenvalue weighted by molar-refractivity contribution is -0.116. The van der Waals surface area contributed by atoms with Gasteiger partial charge in [0.05, 0.1) is 3.58 Å². The standard InChI is InChI=1S/C7H5IO4/c8-3-2(1-9)4(10)6-7(12-6)5(3)11/h1,4,6-7,10H/t4-,6+,7-/m1/s1. The highest BCUT2D eigenvalue weighted by Crippen LogP contribution is 2.39. The van der Waals surface area contributed by atoms with E-state index in [1.807, 2.05) is 0 Å². The van der Waals surface area contributed by atoms with Crippen LogP contribution in [0.4, 0.5) is 0 Å². The van der Waals surface area contributed by atoms with E-state index in [-0.39, 0.29) is 11.4 Å². The Morgan fingerprint density at radius 2 is 2.25 bits per heavy atom. The van der Waals surface area contributed by atoms with Crippen LogP contribution in [0.2, 0.25) is 0 Å². The van der Waals surface area contributed by atoms with Gasteiger partial charge in [0.15, 0.2) is 6.10 Å². The predicted molar refractivity (Wildman–Crippen MR) is 46.8 cm³/mol. The molecule has 0 amide bonds. The average molecular weight is 280 g/mol. The summed E-state index contributed by atoms with van der Waals surface area (Å²) in [5.74, 6) is -0.187. The van der Waals surface area contributed by atoms with Crippen LogP contribution in [-0.4, -0.2) is 35.5 Å².